The Hall–Kier alpha value is -1.10. The molecule has 0 radical (unpaired) electrons. The summed E-state index contributed by atoms with van der Waals surface area (Å²) in [4.78, 5) is 26.1. The largest absolute Gasteiger partial charge is 0.357 e. The summed E-state index contributed by atoms with van der Waals surface area (Å²) in [6.07, 6.45) is 4.76. The Morgan fingerprint density at radius 2 is 2.06 bits per heavy atom. The molecule has 1 saturated heterocycles. The molecule has 5 nitrogen and oxygen atoms in total. The maximum Gasteiger partial charge on any atom is 0.242 e. The summed E-state index contributed by atoms with van der Waals surface area (Å²) in [7, 11) is 1.63. The summed E-state index contributed by atoms with van der Waals surface area (Å²) in [6.45, 7) is 1.29. The number of likely N-dealkylation sites (N-methyl/N-ethyl adjacent to an activating group) is 1. The van der Waals surface area contributed by atoms with Gasteiger partial charge in [-0.3, -0.25) is 9.59 Å². The molecule has 102 valence electrons. The SMILES string of the molecule is CNC(=O)C1CCCN1C(=O)C1CCCC1CN. The number of hydrogen-bond donors (Lipinski definition) is 2. The lowest BCUT2D eigenvalue weighted by atomic mass is 9.94. The molecule has 2 rings (SSSR count). The highest BCUT2D eigenvalue weighted by molar-refractivity contribution is 5.89. The third-order valence-corrected chi connectivity index (χ3v) is 4.36. The number of hydrogen-bond acceptors (Lipinski definition) is 3. The molecule has 0 spiro atoms. The molecule has 0 bridgehead atoms. The number of nitrogens with one attached hydrogen (secondary N) is 1. The van der Waals surface area contributed by atoms with E-state index in [1.165, 1.54) is 0 Å². The van der Waals surface area contributed by atoms with Crippen LogP contribution in [0.25, 0.3) is 0 Å². The Labute approximate surface area is 108 Å². The van der Waals surface area contributed by atoms with Crippen molar-refractivity contribution in [1.29, 1.82) is 0 Å². The van der Waals surface area contributed by atoms with Crippen LogP contribution in [0.1, 0.15) is 32.1 Å². The summed E-state index contributed by atoms with van der Waals surface area (Å²) in [6, 6.07) is -0.262. The average Bonchev–Trinajstić information content (AvgIpc) is 3.04. The van der Waals surface area contributed by atoms with Gasteiger partial charge >= 0.3 is 0 Å². The van der Waals surface area contributed by atoms with Crippen molar-refractivity contribution in [2.45, 2.75) is 38.1 Å². The van der Waals surface area contributed by atoms with Crippen LogP contribution in [-0.2, 0) is 9.59 Å². The summed E-state index contributed by atoms with van der Waals surface area (Å²) < 4.78 is 0. The highest BCUT2D eigenvalue weighted by atomic mass is 16.2. The van der Waals surface area contributed by atoms with Crippen LogP contribution in [-0.4, -0.2) is 42.9 Å². The lowest BCUT2D eigenvalue weighted by Gasteiger charge is -2.28. The highest BCUT2D eigenvalue weighted by Crippen LogP contribution is 2.34. The smallest absolute Gasteiger partial charge is 0.242 e. The maximum atomic E-state index is 12.5. The lowest BCUT2D eigenvalue weighted by Crippen LogP contribution is -2.48. The van der Waals surface area contributed by atoms with Gasteiger partial charge in [0.2, 0.25) is 11.8 Å². The standard InChI is InChI=1S/C13H23N3O2/c1-15-12(17)11-6-3-7-16(11)13(18)10-5-2-4-9(10)8-14/h9-11H,2-8,14H2,1H3,(H,15,17). The fourth-order valence-electron chi connectivity index (χ4n) is 3.33. The van der Waals surface area contributed by atoms with E-state index in [1.54, 1.807) is 11.9 Å². The molecule has 3 N–H and O–H groups in total. The second-order valence-electron chi connectivity index (χ2n) is 5.34. The van der Waals surface area contributed by atoms with Crippen molar-refractivity contribution in [3.8, 4) is 0 Å². The molecule has 2 amide bonds. The van der Waals surface area contributed by atoms with Crippen LogP contribution in [0.2, 0.25) is 0 Å². The molecule has 1 aliphatic carbocycles. The molecule has 5 heteroatoms. The van der Waals surface area contributed by atoms with Crippen LogP contribution in [0.5, 0.6) is 0 Å². The van der Waals surface area contributed by atoms with Crippen molar-refractivity contribution >= 4 is 11.8 Å². The Morgan fingerprint density at radius 1 is 1.28 bits per heavy atom. The minimum Gasteiger partial charge on any atom is -0.357 e. The van der Waals surface area contributed by atoms with E-state index in [2.05, 4.69) is 5.32 Å². The second-order valence-corrected chi connectivity index (χ2v) is 5.34. The van der Waals surface area contributed by atoms with E-state index in [-0.39, 0.29) is 23.8 Å². The quantitative estimate of drug-likeness (QED) is 0.749. The van der Waals surface area contributed by atoms with Gasteiger partial charge < -0.3 is 16.0 Å². The van der Waals surface area contributed by atoms with E-state index in [0.29, 0.717) is 19.0 Å². The summed E-state index contributed by atoms with van der Waals surface area (Å²) in [5.41, 5.74) is 5.73. The van der Waals surface area contributed by atoms with Crippen LogP contribution in [0.15, 0.2) is 0 Å². The summed E-state index contributed by atoms with van der Waals surface area (Å²) in [5.74, 6) is 0.459. The van der Waals surface area contributed by atoms with Gasteiger partial charge in [-0.1, -0.05) is 6.42 Å². The molecule has 2 fully saturated rings. The maximum absolute atomic E-state index is 12.5. The zero-order valence-corrected chi connectivity index (χ0v) is 11.0. The minimum atomic E-state index is -0.262. The molecule has 2 aliphatic rings. The predicted molar refractivity (Wildman–Crippen MR) is 68.7 cm³/mol. The number of carbonyl (C=O) groups is 2. The molecule has 0 aromatic rings. The van der Waals surface area contributed by atoms with E-state index >= 15 is 0 Å². The normalized spacial score (nSPS) is 31.7. The van der Waals surface area contributed by atoms with Gasteiger partial charge in [0.05, 0.1) is 0 Å². The number of amides is 2. The van der Waals surface area contributed by atoms with Gasteiger partial charge in [-0.15, -0.1) is 0 Å². The topological polar surface area (TPSA) is 75.4 Å². The second kappa shape index (κ2) is 5.69. The van der Waals surface area contributed by atoms with Crippen molar-refractivity contribution in [2.75, 3.05) is 20.1 Å². The fraction of sp³-hybridized carbons (Fsp3) is 0.846. The van der Waals surface area contributed by atoms with Crippen molar-refractivity contribution in [3.63, 3.8) is 0 Å². The summed E-state index contributed by atoms with van der Waals surface area (Å²) in [5, 5.41) is 2.65. The number of likely N-dealkylation sites (tertiary alicyclic amines) is 1. The van der Waals surface area contributed by atoms with Crippen molar-refractivity contribution in [1.82, 2.24) is 10.2 Å². The number of rotatable bonds is 3. The van der Waals surface area contributed by atoms with Crippen LogP contribution < -0.4 is 11.1 Å². The third kappa shape index (κ3) is 2.36. The number of nitrogens with zero attached hydrogens (tertiary/aromatic N) is 1. The molecule has 0 aromatic heterocycles. The first-order valence-electron chi connectivity index (χ1n) is 6.91. The summed E-state index contributed by atoms with van der Waals surface area (Å²) >= 11 is 0. The molecule has 1 saturated carbocycles. The van der Waals surface area contributed by atoms with Gasteiger partial charge in [0.1, 0.15) is 6.04 Å². The Bertz CT molecular complexity index is 332. The molecule has 3 unspecified atom stereocenters. The van der Waals surface area contributed by atoms with Gasteiger partial charge in [0.25, 0.3) is 0 Å². The van der Waals surface area contributed by atoms with Gasteiger partial charge in [0, 0.05) is 19.5 Å². The zero-order chi connectivity index (χ0) is 13.1. The molecule has 1 heterocycles. The first-order valence-corrected chi connectivity index (χ1v) is 6.91. The van der Waals surface area contributed by atoms with Gasteiger partial charge in [-0.25, -0.2) is 0 Å². The Morgan fingerprint density at radius 3 is 2.72 bits per heavy atom. The number of carbonyl (C=O) groups excluding carboxylic acids is 2. The van der Waals surface area contributed by atoms with Crippen LogP contribution >= 0.6 is 0 Å². The third-order valence-electron chi connectivity index (χ3n) is 4.36. The first-order chi connectivity index (χ1) is 8.69. The predicted octanol–water partition coefficient (Wildman–Crippen LogP) is 0.0984. The van der Waals surface area contributed by atoms with E-state index in [0.717, 1.165) is 32.1 Å². The zero-order valence-electron chi connectivity index (χ0n) is 11.0. The van der Waals surface area contributed by atoms with Gasteiger partial charge in [0.15, 0.2) is 0 Å². The molecule has 18 heavy (non-hydrogen) atoms. The minimum absolute atomic E-state index is 0.0388. The van der Waals surface area contributed by atoms with Gasteiger partial charge in [-0.05, 0) is 38.1 Å². The Balaban J connectivity index is 2.05. The monoisotopic (exact) mass is 253 g/mol. The van der Waals surface area contributed by atoms with E-state index < -0.39 is 0 Å². The van der Waals surface area contributed by atoms with Gasteiger partial charge in [-0.2, -0.15) is 0 Å². The molecular weight excluding hydrogens is 230 g/mol. The molecule has 1 aliphatic heterocycles. The molecular formula is C13H23N3O2. The lowest BCUT2D eigenvalue weighted by molar-refractivity contribution is -0.142. The average molecular weight is 253 g/mol. The highest BCUT2D eigenvalue weighted by Gasteiger charge is 2.40. The van der Waals surface area contributed by atoms with E-state index in [4.69, 9.17) is 5.73 Å². The van der Waals surface area contributed by atoms with Crippen LogP contribution in [0, 0.1) is 11.8 Å². The van der Waals surface area contributed by atoms with Crippen LogP contribution in [0.4, 0.5) is 0 Å². The molecule has 0 aromatic carbocycles. The van der Waals surface area contributed by atoms with E-state index in [9.17, 15) is 9.59 Å². The van der Waals surface area contributed by atoms with Crippen molar-refractivity contribution in [3.05, 3.63) is 0 Å². The van der Waals surface area contributed by atoms with Crippen molar-refractivity contribution in [2.24, 2.45) is 17.6 Å². The van der Waals surface area contributed by atoms with Crippen molar-refractivity contribution < 1.29 is 9.59 Å². The fourth-order valence-corrected chi connectivity index (χ4v) is 3.33. The van der Waals surface area contributed by atoms with E-state index in [1.807, 2.05) is 0 Å². The first kappa shape index (κ1) is 13.3. The molecule has 3 atom stereocenters. The Kier molecular flexibility index (Phi) is 4.22. The van der Waals surface area contributed by atoms with Crippen LogP contribution in [0.3, 0.4) is 0 Å². The number of nitrogens with two attached hydrogens (primary N) is 1.